The normalized spacial score (nSPS) is 18.6. The zero-order valence-corrected chi connectivity index (χ0v) is 8.35. The molecule has 0 atom stereocenters. The van der Waals surface area contributed by atoms with Crippen molar-refractivity contribution in [1.82, 2.24) is 5.73 Å². The number of carbonyl (C=O) groups excluding carboxylic acids is 1. The summed E-state index contributed by atoms with van der Waals surface area (Å²) in [6, 6.07) is 5.51. The number of para-hydroxylation sites is 1. The number of anilines is 1. The quantitative estimate of drug-likeness (QED) is 0.667. The molecule has 73 valence electrons. The van der Waals surface area contributed by atoms with Crippen molar-refractivity contribution in [3.05, 3.63) is 23.8 Å². The summed E-state index contributed by atoms with van der Waals surface area (Å²) in [7, 11) is 0. The molecule has 1 aromatic carbocycles. The second kappa shape index (κ2) is 2.74. The highest BCUT2D eigenvalue weighted by molar-refractivity contribution is 6.00. The molecule has 0 saturated heterocycles. The molecule has 0 bridgehead atoms. The van der Waals surface area contributed by atoms with Crippen LogP contribution in [0, 0.1) is 5.41 Å². The second-order valence-corrected chi connectivity index (χ2v) is 4.35. The van der Waals surface area contributed by atoms with Gasteiger partial charge in [0, 0.05) is 5.41 Å². The minimum absolute atomic E-state index is 0.00435. The fraction of sp³-hybridized carbons (Fsp3) is 0.364. The SMILES string of the molecule is CC1(C)Cc2cccc([NH])c2NC1=O. The minimum Gasteiger partial charge on any atom is -0.324 e. The van der Waals surface area contributed by atoms with Gasteiger partial charge < -0.3 is 5.32 Å². The summed E-state index contributed by atoms with van der Waals surface area (Å²) in [4.78, 5) is 11.6. The van der Waals surface area contributed by atoms with E-state index < -0.39 is 0 Å². The molecule has 2 N–H and O–H groups in total. The summed E-state index contributed by atoms with van der Waals surface area (Å²) < 4.78 is 0. The average molecular weight is 189 g/mol. The highest BCUT2D eigenvalue weighted by Crippen LogP contribution is 2.36. The van der Waals surface area contributed by atoms with E-state index in [0.29, 0.717) is 17.8 Å². The zero-order valence-electron chi connectivity index (χ0n) is 8.35. The Labute approximate surface area is 83.3 Å². The predicted octanol–water partition coefficient (Wildman–Crippen LogP) is 2.12. The largest absolute Gasteiger partial charge is 0.324 e. The number of hydrogen-bond donors (Lipinski definition) is 1. The van der Waals surface area contributed by atoms with Crippen molar-refractivity contribution in [2.45, 2.75) is 20.3 Å². The van der Waals surface area contributed by atoms with Crippen molar-refractivity contribution < 1.29 is 4.79 Å². The van der Waals surface area contributed by atoms with Crippen LogP contribution in [-0.4, -0.2) is 5.91 Å². The molecule has 1 aliphatic heterocycles. The fourth-order valence-electron chi connectivity index (χ4n) is 1.73. The number of carbonyl (C=O) groups is 1. The van der Waals surface area contributed by atoms with E-state index in [2.05, 4.69) is 5.32 Å². The molecule has 1 aliphatic rings. The molecule has 0 fully saturated rings. The number of rotatable bonds is 0. The summed E-state index contributed by atoms with van der Waals surface area (Å²) in [5.41, 5.74) is 9.42. The van der Waals surface area contributed by atoms with Gasteiger partial charge in [-0.2, -0.15) is 0 Å². The van der Waals surface area contributed by atoms with Crippen LogP contribution in [0.25, 0.3) is 0 Å². The molecular formula is C11H13N2O. The van der Waals surface area contributed by atoms with E-state index in [1.807, 2.05) is 26.0 Å². The summed E-state index contributed by atoms with van der Waals surface area (Å²) in [5.74, 6) is 0.00435. The van der Waals surface area contributed by atoms with E-state index in [9.17, 15) is 4.79 Å². The van der Waals surface area contributed by atoms with Crippen LogP contribution in [0.15, 0.2) is 18.2 Å². The van der Waals surface area contributed by atoms with E-state index in [4.69, 9.17) is 5.73 Å². The van der Waals surface area contributed by atoms with Gasteiger partial charge in [0.1, 0.15) is 0 Å². The van der Waals surface area contributed by atoms with Gasteiger partial charge in [0.25, 0.3) is 0 Å². The molecule has 0 unspecified atom stereocenters. The van der Waals surface area contributed by atoms with E-state index in [1.165, 1.54) is 0 Å². The third-order valence-corrected chi connectivity index (χ3v) is 2.64. The zero-order chi connectivity index (χ0) is 10.3. The number of hydrogen-bond acceptors (Lipinski definition) is 1. The Bertz CT molecular complexity index is 396. The Hall–Kier alpha value is -1.51. The first-order chi connectivity index (χ1) is 6.50. The second-order valence-electron chi connectivity index (χ2n) is 4.35. The van der Waals surface area contributed by atoms with E-state index in [-0.39, 0.29) is 11.3 Å². The van der Waals surface area contributed by atoms with Crippen molar-refractivity contribution in [3.63, 3.8) is 0 Å². The molecule has 1 radical (unpaired) electrons. The van der Waals surface area contributed by atoms with Gasteiger partial charge in [0.05, 0.1) is 11.4 Å². The molecule has 0 aliphatic carbocycles. The van der Waals surface area contributed by atoms with Gasteiger partial charge in [-0.15, -0.1) is 0 Å². The fourth-order valence-corrected chi connectivity index (χ4v) is 1.73. The van der Waals surface area contributed by atoms with Gasteiger partial charge in [-0.05, 0) is 18.1 Å². The lowest BCUT2D eigenvalue weighted by molar-refractivity contribution is -0.124. The molecule has 0 aromatic heterocycles. The predicted molar refractivity (Wildman–Crippen MR) is 55.3 cm³/mol. The van der Waals surface area contributed by atoms with Crippen LogP contribution in [0.3, 0.4) is 0 Å². The van der Waals surface area contributed by atoms with Gasteiger partial charge in [-0.25, -0.2) is 0 Å². The molecular weight excluding hydrogens is 176 g/mol. The van der Waals surface area contributed by atoms with Crippen LogP contribution >= 0.6 is 0 Å². The Kier molecular flexibility index (Phi) is 1.77. The van der Waals surface area contributed by atoms with Crippen LogP contribution in [0.1, 0.15) is 19.4 Å². The Morgan fingerprint density at radius 1 is 1.43 bits per heavy atom. The highest BCUT2D eigenvalue weighted by atomic mass is 16.2. The first kappa shape index (κ1) is 9.06. The van der Waals surface area contributed by atoms with Crippen LogP contribution in [0.4, 0.5) is 11.4 Å². The smallest absolute Gasteiger partial charge is 0.230 e. The third-order valence-electron chi connectivity index (χ3n) is 2.64. The van der Waals surface area contributed by atoms with E-state index >= 15 is 0 Å². The van der Waals surface area contributed by atoms with Crippen molar-refractivity contribution in [2.75, 3.05) is 5.32 Å². The molecule has 0 spiro atoms. The first-order valence-corrected chi connectivity index (χ1v) is 4.66. The summed E-state index contributed by atoms with van der Waals surface area (Å²) in [6.45, 7) is 3.84. The molecule has 1 amide bonds. The average Bonchev–Trinajstić information content (AvgIpc) is 2.08. The van der Waals surface area contributed by atoms with Crippen molar-refractivity contribution in [3.8, 4) is 0 Å². The monoisotopic (exact) mass is 189 g/mol. The molecule has 0 saturated carbocycles. The molecule has 14 heavy (non-hydrogen) atoms. The molecule has 2 rings (SSSR count). The van der Waals surface area contributed by atoms with Crippen LogP contribution in [0.5, 0.6) is 0 Å². The summed E-state index contributed by atoms with van der Waals surface area (Å²) in [6.07, 6.45) is 0.709. The number of benzene rings is 1. The van der Waals surface area contributed by atoms with E-state index in [0.717, 1.165) is 5.56 Å². The topological polar surface area (TPSA) is 52.9 Å². The molecule has 3 nitrogen and oxygen atoms in total. The lowest BCUT2D eigenvalue weighted by Crippen LogP contribution is -2.37. The van der Waals surface area contributed by atoms with Gasteiger partial charge in [0.15, 0.2) is 0 Å². The third kappa shape index (κ3) is 1.25. The van der Waals surface area contributed by atoms with Crippen molar-refractivity contribution in [1.29, 1.82) is 0 Å². The standard InChI is InChI=1S/C11H13N2O/c1-11(2)6-7-4-3-5-8(12)9(7)13-10(11)14/h3-5,12H,6H2,1-2H3,(H,13,14). The van der Waals surface area contributed by atoms with Gasteiger partial charge in [-0.3, -0.25) is 10.5 Å². The minimum atomic E-state index is -0.360. The van der Waals surface area contributed by atoms with E-state index in [1.54, 1.807) is 6.07 Å². The lowest BCUT2D eigenvalue weighted by atomic mass is 9.81. The number of fused-ring (bicyclic) bond motifs is 1. The Balaban J connectivity index is 2.51. The van der Waals surface area contributed by atoms with Crippen molar-refractivity contribution >= 4 is 17.3 Å². The number of amides is 1. The first-order valence-electron chi connectivity index (χ1n) is 4.66. The maximum absolute atomic E-state index is 11.6. The van der Waals surface area contributed by atoms with Crippen molar-refractivity contribution in [2.24, 2.45) is 5.41 Å². The number of nitrogens with one attached hydrogen (secondary N) is 2. The molecule has 1 aromatic rings. The lowest BCUT2D eigenvalue weighted by Gasteiger charge is -2.30. The van der Waals surface area contributed by atoms with Gasteiger partial charge in [-0.1, -0.05) is 26.0 Å². The van der Waals surface area contributed by atoms with Crippen LogP contribution < -0.4 is 11.1 Å². The highest BCUT2D eigenvalue weighted by Gasteiger charge is 2.33. The molecule has 1 heterocycles. The molecule has 3 heteroatoms. The maximum atomic E-state index is 11.6. The maximum Gasteiger partial charge on any atom is 0.230 e. The van der Waals surface area contributed by atoms with Crippen LogP contribution in [0.2, 0.25) is 0 Å². The summed E-state index contributed by atoms with van der Waals surface area (Å²) in [5, 5.41) is 2.79. The Morgan fingerprint density at radius 3 is 2.86 bits per heavy atom. The summed E-state index contributed by atoms with van der Waals surface area (Å²) >= 11 is 0. The van der Waals surface area contributed by atoms with Crippen LogP contribution in [-0.2, 0) is 11.2 Å². The van der Waals surface area contributed by atoms with Gasteiger partial charge >= 0.3 is 0 Å². The van der Waals surface area contributed by atoms with Gasteiger partial charge in [0.2, 0.25) is 5.91 Å². The Morgan fingerprint density at radius 2 is 2.14 bits per heavy atom.